The van der Waals surface area contributed by atoms with Gasteiger partial charge in [0.2, 0.25) is 0 Å². The van der Waals surface area contributed by atoms with Gasteiger partial charge in [0.05, 0.1) is 21.9 Å². The summed E-state index contributed by atoms with van der Waals surface area (Å²) in [6.07, 6.45) is -9.36. The molecule has 0 bridgehead atoms. The lowest BCUT2D eigenvalue weighted by atomic mass is 10.1. The monoisotopic (exact) mass is 361 g/mol. The molecular weight excluding hydrogens is 352 g/mol. The number of halogens is 6. The van der Waals surface area contributed by atoms with E-state index in [0.29, 0.717) is 23.6 Å². The van der Waals surface area contributed by atoms with Gasteiger partial charge in [-0.25, -0.2) is 4.99 Å². The van der Waals surface area contributed by atoms with E-state index in [1.54, 1.807) is 6.07 Å². The predicted octanol–water partition coefficient (Wildman–Crippen LogP) is 6.10. The Morgan fingerprint density at radius 2 is 1.42 bits per heavy atom. The van der Waals surface area contributed by atoms with E-state index in [4.69, 9.17) is 0 Å². The molecule has 0 aromatic heterocycles. The van der Waals surface area contributed by atoms with Gasteiger partial charge in [0, 0.05) is 11.3 Å². The molecular formula is C16H9F6NS. The van der Waals surface area contributed by atoms with Crippen LogP contribution in [0, 0.1) is 0 Å². The van der Waals surface area contributed by atoms with E-state index in [1.165, 1.54) is 11.8 Å². The Bertz CT molecular complexity index is 748. The van der Waals surface area contributed by atoms with Crippen LogP contribution in [0.1, 0.15) is 16.7 Å². The van der Waals surface area contributed by atoms with E-state index >= 15 is 0 Å². The van der Waals surface area contributed by atoms with Gasteiger partial charge in [0.25, 0.3) is 0 Å². The lowest BCUT2D eigenvalue weighted by Crippen LogP contribution is -2.10. The van der Waals surface area contributed by atoms with E-state index in [9.17, 15) is 26.3 Å². The number of aliphatic imine (C=N–C) groups is 1. The summed E-state index contributed by atoms with van der Waals surface area (Å²) in [6, 6.07) is 8.65. The summed E-state index contributed by atoms with van der Waals surface area (Å²) < 4.78 is 77.1. The highest BCUT2D eigenvalue weighted by Gasteiger charge is 2.37. The minimum Gasteiger partial charge on any atom is -0.246 e. The van der Waals surface area contributed by atoms with Crippen molar-refractivity contribution in [1.29, 1.82) is 0 Å². The third-order valence-electron chi connectivity index (χ3n) is 3.37. The van der Waals surface area contributed by atoms with Crippen molar-refractivity contribution in [2.75, 3.05) is 0 Å². The van der Waals surface area contributed by atoms with Crippen LogP contribution in [0.15, 0.2) is 52.4 Å². The Balaban J connectivity index is 2.01. The van der Waals surface area contributed by atoms with Gasteiger partial charge in [-0.2, -0.15) is 26.3 Å². The number of nitrogens with zero attached hydrogens (tertiary/aromatic N) is 1. The number of hydrogen-bond acceptors (Lipinski definition) is 2. The zero-order valence-corrected chi connectivity index (χ0v) is 12.7. The average Bonchev–Trinajstić information content (AvgIpc) is 2.87. The lowest BCUT2D eigenvalue weighted by Gasteiger charge is -2.12. The largest absolute Gasteiger partial charge is 0.416 e. The first-order valence-corrected chi connectivity index (χ1v) is 7.57. The van der Waals surface area contributed by atoms with Crippen molar-refractivity contribution in [3.63, 3.8) is 0 Å². The molecule has 0 saturated carbocycles. The van der Waals surface area contributed by atoms with Gasteiger partial charge in [0.15, 0.2) is 0 Å². The molecule has 1 nitrogen and oxygen atoms in total. The second-order valence-corrected chi connectivity index (χ2v) is 6.27. The van der Waals surface area contributed by atoms with Gasteiger partial charge in [-0.3, -0.25) is 0 Å². The first kappa shape index (κ1) is 16.9. The summed E-state index contributed by atoms with van der Waals surface area (Å²) in [6.45, 7) is 0. The number of thioether (sulfide) groups is 1. The number of fused-ring (bicyclic) bond motifs is 1. The fourth-order valence-electron chi connectivity index (χ4n) is 2.28. The Kier molecular flexibility index (Phi) is 4.11. The molecule has 126 valence electrons. The lowest BCUT2D eigenvalue weighted by molar-refractivity contribution is -0.143. The van der Waals surface area contributed by atoms with Crippen LogP contribution in [0.3, 0.4) is 0 Å². The number of rotatable bonds is 1. The molecule has 8 heteroatoms. The first-order valence-electron chi connectivity index (χ1n) is 6.76. The highest BCUT2D eigenvalue weighted by molar-refractivity contribution is 8.14. The standard InChI is InChI=1S/C16H9F6NS/c17-15(18,19)10-6-11(16(20,21)22)8-12(7-10)23-14-5-9-3-1-2-4-13(9)24-14/h1-4,6-8H,5H2. The van der Waals surface area contributed by atoms with Crippen molar-refractivity contribution in [1.82, 2.24) is 0 Å². The van der Waals surface area contributed by atoms with Gasteiger partial charge in [0.1, 0.15) is 0 Å². The quantitative estimate of drug-likeness (QED) is 0.559. The minimum absolute atomic E-state index is 0.0974. The van der Waals surface area contributed by atoms with Crippen LogP contribution in [0.5, 0.6) is 0 Å². The molecule has 0 radical (unpaired) electrons. The highest BCUT2D eigenvalue weighted by Crippen LogP contribution is 2.40. The molecule has 0 N–H and O–H groups in total. The van der Waals surface area contributed by atoms with Crippen LogP contribution in [0.25, 0.3) is 0 Å². The molecule has 0 spiro atoms. The Morgan fingerprint density at radius 1 is 0.833 bits per heavy atom. The third kappa shape index (κ3) is 3.58. The Labute approximate surface area is 137 Å². The van der Waals surface area contributed by atoms with Crippen molar-refractivity contribution in [2.45, 2.75) is 23.7 Å². The summed E-state index contributed by atoms with van der Waals surface area (Å²) in [5.74, 6) is 0. The van der Waals surface area contributed by atoms with Crippen molar-refractivity contribution in [2.24, 2.45) is 4.99 Å². The molecule has 3 rings (SSSR count). The molecule has 0 atom stereocenters. The fraction of sp³-hybridized carbons (Fsp3) is 0.188. The topological polar surface area (TPSA) is 12.4 Å². The van der Waals surface area contributed by atoms with Gasteiger partial charge < -0.3 is 0 Å². The maximum atomic E-state index is 12.8. The van der Waals surface area contributed by atoms with Crippen LogP contribution >= 0.6 is 11.8 Å². The first-order chi connectivity index (χ1) is 11.1. The molecule has 2 aromatic carbocycles. The fourth-order valence-corrected chi connectivity index (χ4v) is 3.34. The van der Waals surface area contributed by atoms with Crippen molar-refractivity contribution in [3.8, 4) is 0 Å². The van der Waals surface area contributed by atoms with Crippen LogP contribution in [-0.4, -0.2) is 5.04 Å². The summed E-state index contributed by atoms with van der Waals surface area (Å²) in [5.41, 5.74) is -2.13. The van der Waals surface area contributed by atoms with Crippen molar-refractivity contribution < 1.29 is 26.3 Å². The van der Waals surface area contributed by atoms with E-state index < -0.39 is 23.5 Å². The van der Waals surface area contributed by atoms with Crippen LogP contribution in [0.2, 0.25) is 0 Å². The highest BCUT2D eigenvalue weighted by atomic mass is 32.2. The van der Waals surface area contributed by atoms with Crippen LogP contribution < -0.4 is 0 Å². The Morgan fingerprint density at radius 3 is 1.96 bits per heavy atom. The van der Waals surface area contributed by atoms with Crippen LogP contribution in [0.4, 0.5) is 32.0 Å². The molecule has 24 heavy (non-hydrogen) atoms. The van der Waals surface area contributed by atoms with Crippen molar-refractivity contribution >= 4 is 22.5 Å². The number of hydrogen-bond donors (Lipinski definition) is 0. The van der Waals surface area contributed by atoms with Gasteiger partial charge in [-0.1, -0.05) is 30.0 Å². The maximum Gasteiger partial charge on any atom is 0.416 e. The molecule has 2 aromatic rings. The maximum absolute atomic E-state index is 12.8. The molecule has 1 aliphatic heterocycles. The SMILES string of the molecule is FC(F)(F)c1cc(N=C2Cc3ccccc3S2)cc(C(F)(F)F)c1. The second kappa shape index (κ2) is 5.84. The summed E-state index contributed by atoms with van der Waals surface area (Å²) in [7, 11) is 0. The minimum atomic E-state index is -4.87. The zero-order chi connectivity index (χ0) is 17.5. The van der Waals surface area contributed by atoms with E-state index in [2.05, 4.69) is 4.99 Å². The van der Waals surface area contributed by atoms with E-state index in [1.807, 2.05) is 18.2 Å². The van der Waals surface area contributed by atoms with E-state index in [0.717, 1.165) is 10.5 Å². The number of benzene rings is 2. The molecule has 0 fully saturated rings. The molecule has 0 amide bonds. The molecule has 1 aliphatic rings. The summed E-state index contributed by atoms with van der Waals surface area (Å²) in [4.78, 5) is 4.90. The van der Waals surface area contributed by atoms with Gasteiger partial charge >= 0.3 is 12.4 Å². The normalized spacial score (nSPS) is 16.5. The molecule has 1 heterocycles. The zero-order valence-electron chi connectivity index (χ0n) is 11.9. The van der Waals surface area contributed by atoms with Crippen molar-refractivity contribution in [3.05, 3.63) is 59.2 Å². The average molecular weight is 361 g/mol. The second-order valence-electron chi connectivity index (χ2n) is 5.16. The summed E-state index contributed by atoms with van der Waals surface area (Å²) in [5, 5.41) is 0.462. The van der Waals surface area contributed by atoms with E-state index in [-0.39, 0.29) is 11.8 Å². The van der Waals surface area contributed by atoms with Gasteiger partial charge in [-0.15, -0.1) is 0 Å². The molecule has 0 unspecified atom stereocenters. The predicted molar refractivity (Wildman–Crippen MR) is 79.5 cm³/mol. The number of alkyl halides is 6. The van der Waals surface area contributed by atoms with Gasteiger partial charge in [-0.05, 0) is 29.8 Å². The smallest absolute Gasteiger partial charge is 0.246 e. The molecule has 0 saturated heterocycles. The van der Waals surface area contributed by atoms with Crippen LogP contribution in [-0.2, 0) is 18.8 Å². The third-order valence-corrected chi connectivity index (χ3v) is 4.46. The Hall–Kier alpha value is -1.96. The molecule has 0 aliphatic carbocycles. The summed E-state index contributed by atoms with van der Waals surface area (Å²) >= 11 is 1.25.